The fourth-order valence-corrected chi connectivity index (χ4v) is 0.987. The third-order valence-corrected chi connectivity index (χ3v) is 1.87. The number of nitrogens with zero attached hydrogens (tertiary/aromatic N) is 2. The van der Waals surface area contributed by atoms with Gasteiger partial charge in [-0.1, -0.05) is 23.7 Å². The van der Waals surface area contributed by atoms with Gasteiger partial charge in [-0.3, -0.25) is 9.80 Å². The van der Waals surface area contributed by atoms with Gasteiger partial charge in [0.05, 0.1) is 26.2 Å². The van der Waals surface area contributed by atoms with Crippen molar-refractivity contribution < 1.29 is 0 Å². The lowest BCUT2D eigenvalue weighted by Crippen LogP contribution is -2.19. The SMILES string of the molecule is CN1CC#CC#CCN(C)CC#CC#CC1. The monoisotopic (exact) mass is 210 g/mol. The second-order valence-corrected chi connectivity index (χ2v) is 3.55. The van der Waals surface area contributed by atoms with Crippen molar-refractivity contribution in [1.29, 1.82) is 0 Å². The van der Waals surface area contributed by atoms with Crippen molar-refractivity contribution in [3.8, 4) is 47.4 Å². The van der Waals surface area contributed by atoms with Crippen LogP contribution in [-0.4, -0.2) is 50.1 Å². The van der Waals surface area contributed by atoms with E-state index in [4.69, 9.17) is 0 Å². The van der Waals surface area contributed by atoms with E-state index in [2.05, 4.69) is 47.4 Å². The highest BCUT2D eigenvalue weighted by molar-refractivity contribution is 5.29. The molecule has 80 valence electrons. The zero-order valence-corrected chi connectivity index (χ0v) is 9.72. The summed E-state index contributed by atoms with van der Waals surface area (Å²) in [6.45, 7) is 2.75. The van der Waals surface area contributed by atoms with Crippen molar-refractivity contribution in [2.24, 2.45) is 0 Å². The molecule has 0 fully saturated rings. The molecule has 0 aromatic rings. The molecule has 1 aliphatic heterocycles. The molecule has 0 atom stereocenters. The van der Waals surface area contributed by atoms with Gasteiger partial charge in [-0.25, -0.2) is 0 Å². The Morgan fingerprint density at radius 3 is 1.06 bits per heavy atom. The summed E-state index contributed by atoms with van der Waals surface area (Å²) >= 11 is 0. The predicted molar refractivity (Wildman–Crippen MR) is 66.1 cm³/mol. The lowest BCUT2D eigenvalue weighted by molar-refractivity contribution is 0.425. The summed E-state index contributed by atoms with van der Waals surface area (Å²) < 4.78 is 0. The van der Waals surface area contributed by atoms with Gasteiger partial charge in [0, 0.05) is 0 Å². The van der Waals surface area contributed by atoms with Gasteiger partial charge in [0.15, 0.2) is 0 Å². The average molecular weight is 210 g/mol. The zero-order valence-electron chi connectivity index (χ0n) is 9.72. The average Bonchev–Trinajstić information content (AvgIpc) is 2.27. The van der Waals surface area contributed by atoms with Crippen molar-refractivity contribution >= 4 is 0 Å². The molecule has 0 aliphatic carbocycles. The van der Waals surface area contributed by atoms with E-state index in [-0.39, 0.29) is 0 Å². The van der Waals surface area contributed by atoms with Crippen LogP contribution in [-0.2, 0) is 0 Å². The number of hydrogen-bond donors (Lipinski definition) is 0. The first-order valence-electron chi connectivity index (χ1n) is 5.07. The van der Waals surface area contributed by atoms with Crippen molar-refractivity contribution in [2.45, 2.75) is 0 Å². The summed E-state index contributed by atoms with van der Waals surface area (Å²) in [6.07, 6.45) is 0. The Balaban J connectivity index is 2.66. The van der Waals surface area contributed by atoms with E-state index in [9.17, 15) is 0 Å². The molecule has 2 heteroatoms. The lowest BCUT2D eigenvalue weighted by atomic mass is 10.4. The smallest absolute Gasteiger partial charge is 0.0617 e. The Kier molecular flexibility index (Phi) is 5.70. The van der Waals surface area contributed by atoms with Crippen LogP contribution in [0, 0.1) is 47.4 Å². The highest BCUT2D eigenvalue weighted by Crippen LogP contribution is 1.80. The summed E-state index contributed by atoms with van der Waals surface area (Å²) in [5, 5.41) is 0. The third-order valence-electron chi connectivity index (χ3n) is 1.87. The van der Waals surface area contributed by atoms with E-state index in [1.165, 1.54) is 0 Å². The van der Waals surface area contributed by atoms with Crippen LogP contribution in [0.15, 0.2) is 0 Å². The van der Waals surface area contributed by atoms with Crippen molar-refractivity contribution in [3.63, 3.8) is 0 Å². The third kappa shape index (κ3) is 5.80. The van der Waals surface area contributed by atoms with Gasteiger partial charge in [0.25, 0.3) is 0 Å². The molecule has 2 nitrogen and oxygen atoms in total. The van der Waals surface area contributed by atoms with Crippen LogP contribution >= 0.6 is 0 Å². The number of rotatable bonds is 0. The Labute approximate surface area is 98.0 Å². The van der Waals surface area contributed by atoms with Gasteiger partial charge in [-0.05, 0) is 37.8 Å². The van der Waals surface area contributed by atoms with E-state index < -0.39 is 0 Å². The van der Waals surface area contributed by atoms with Gasteiger partial charge in [0.2, 0.25) is 0 Å². The molecule has 0 bridgehead atoms. The Hall–Kier alpha value is -1.84. The maximum Gasteiger partial charge on any atom is 0.0617 e. The standard InChI is InChI=1S/C14H14N2/c1-15-11-7-3-5-9-13-16(2)14-10-6-4-8-12-15/h11-14H2,1-2H3. The summed E-state index contributed by atoms with van der Waals surface area (Å²) in [4.78, 5) is 4.06. The van der Waals surface area contributed by atoms with Crippen LogP contribution < -0.4 is 0 Å². The van der Waals surface area contributed by atoms with E-state index in [1.807, 2.05) is 23.9 Å². The minimum Gasteiger partial charge on any atom is -0.284 e. The van der Waals surface area contributed by atoms with E-state index >= 15 is 0 Å². The fraction of sp³-hybridized carbons (Fsp3) is 0.429. The lowest BCUT2D eigenvalue weighted by Gasteiger charge is -2.07. The molecule has 0 aromatic heterocycles. The maximum absolute atomic E-state index is 2.98. The fourth-order valence-electron chi connectivity index (χ4n) is 0.987. The molecule has 0 saturated carbocycles. The summed E-state index contributed by atoms with van der Waals surface area (Å²) in [5.74, 6) is 23.2. The van der Waals surface area contributed by atoms with E-state index in [0.29, 0.717) is 26.2 Å². The second kappa shape index (κ2) is 7.45. The molecule has 0 N–H and O–H groups in total. The molecule has 1 rings (SSSR count). The summed E-state index contributed by atoms with van der Waals surface area (Å²) in [5.41, 5.74) is 0. The second-order valence-electron chi connectivity index (χ2n) is 3.55. The minimum atomic E-state index is 0.687. The Morgan fingerprint density at radius 2 is 0.812 bits per heavy atom. The quantitative estimate of drug-likeness (QED) is 0.514. The van der Waals surface area contributed by atoms with Crippen LogP contribution in [0.2, 0.25) is 0 Å². The molecule has 1 heterocycles. The highest BCUT2D eigenvalue weighted by atomic mass is 15.1. The first kappa shape index (κ1) is 12.2. The Bertz CT molecular complexity index is 370. The molecule has 0 aromatic carbocycles. The Morgan fingerprint density at radius 1 is 0.562 bits per heavy atom. The number of hydrogen-bond acceptors (Lipinski definition) is 2. The minimum absolute atomic E-state index is 0.687. The predicted octanol–water partition coefficient (Wildman–Crippen LogP) is -0.123. The zero-order chi connectivity index (χ0) is 11.6. The van der Waals surface area contributed by atoms with Gasteiger partial charge >= 0.3 is 0 Å². The molecular formula is C14H14N2. The van der Waals surface area contributed by atoms with Gasteiger partial charge in [0.1, 0.15) is 0 Å². The molecule has 0 unspecified atom stereocenters. The van der Waals surface area contributed by atoms with Crippen molar-refractivity contribution in [1.82, 2.24) is 9.80 Å². The van der Waals surface area contributed by atoms with Gasteiger partial charge < -0.3 is 0 Å². The van der Waals surface area contributed by atoms with Gasteiger partial charge in [-0.2, -0.15) is 0 Å². The van der Waals surface area contributed by atoms with Crippen molar-refractivity contribution in [2.75, 3.05) is 40.3 Å². The highest BCUT2D eigenvalue weighted by Gasteiger charge is 1.91. The molecule has 1 aliphatic rings. The van der Waals surface area contributed by atoms with Crippen LogP contribution in [0.1, 0.15) is 0 Å². The van der Waals surface area contributed by atoms with E-state index in [1.54, 1.807) is 0 Å². The molecule has 0 amide bonds. The van der Waals surface area contributed by atoms with Gasteiger partial charge in [-0.15, -0.1) is 0 Å². The largest absolute Gasteiger partial charge is 0.284 e. The van der Waals surface area contributed by atoms with Crippen molar-refractivity contribution in [3.05, 3.63) is 0 Å². The maximum atomic E-state index is 2.98. The molecular weight excluding hydrogens is 196 g/mol. The first-order chi connectivity index (χ1) is 7.79. The molecule has 0 spiro atoms. The molecule has 16 heavy (non-hydrogen) atoms. The summed E-state index contributed by atoms with van der Waals surface area (Å²) in [6, 6.07) is 0. The van der Waals surface area contributed by atoms with Crippen LogP contribution in [0.3, 0.4) is 0 Å². The molecule has 0 saturated heterocycles. The van der Waals surface area contributed by atoms with Crippen LogP contribution in [0.4, 0.5) is 0 Å². The first-order valence-corrected chi connectivity index (χ1v) is 5.07. The van der Waals surface area contributed by atoms with Crippen LogP contribution in [0.5, 0.6) is 0 Å². The molecule has 0 radical (unpaired) electrons. The summed E-state index contributed by atoms with van der Waals surface area (Å²) in [7, 11) is 3.95. The van der Waals surface area contributed by atoms with E-state index in [0.717, 1.165) is 0 Å². The topological polar surface area (TPSA) is 6.48 Å². The van der Waals surface area contributed by atoms with Crippen LogP contribution in [0.25, 0.3) is 0 Å². The normalized spacial score (nSPS) is 17.1.